The fourth-order valence-corrected chi connectivity index (χ4v) is 1.37. The maximum absolute atomic E-state index is 6.81. The Kier molecular flexibility index (Phi) is 21.2. The van der Waals surface area contributed by atoms with Crippen LogP contribution in [0, 0.1) is 19.3 Å². The summed E-state index contributed by atoms with van der Waals surface area (Å²) in [6.07, 6.45) is 10.5. The molecule has 1 atom stereocenters. The SMILES string of the molecule is CC.[C-]#CCN1CCCCC1[CH2-].[W].[Y]. The maximum Gasteiger partial charge on any atom is 0.0182 e. The Hall–Kier alpha value is 1.31. The summed E-state index contributed by atoms with van der Waals surface area (Å²) in [4.78, 5) is 2.20. The van der Waals surface area contributed by atoms with Crippen molar-refractivity contribution in [1.29, 1.82) is 0 Å². The zero-order valence-electron chi connectivity index (χ0n) is 9.25. The molecule has 0 spiro atoms. The van der Waals surface area contributed by atoms with Crippen LogP contribution in [0.4, 0.5) is 0 Å². The van der Waals surface area contributed by atoms with Crippen LogP contribution in [0.25, 0.3) is 0 Å². The fraction of sp³-hybridized carbons (Fsp3) is 0.727. The Morgan fingerprint density at radius 3 is 2.43 bits per heavy atom. The summed E-state index contributed by atoms with van der Waals surface area (Å²) in [5.74, 6) is 2.40. The van der Waals surface area contributed by atoms with Crippen LogP contribution in [-0.2, 0) is 53.8 Å². The number of hydrogen-bond donors (Lipinski definition) is 0. The molecule has 1 radical (unpaired) electrons. The van der Waals surface area contributed by atoms with Gasteiger partial charge in [0.2, 0.25) is 0 Å². The minimum Gasteiger partial charge on any atom is -0.692 e. The van der Waals surface area contributed by atoms with E-state index in [9.17, 15) is 0 Å². The molecule has 0 bridgehead atoms. The van der Waals surface area contributed by atoms with E-state index in [0.29, 0.717) is 12.6 Å². The van der Waals surface area contributed by atoms with Gasteiger partial charge >= 0.3 is 0 Å². The molecule has 1 nitrogen and oxygen atoms in total. The number of rotatable bonds is 1. The van der Waals surface area contributed by atoms with Crippen molar-refractivity contribution in [1.82, 2.24) is 4.90 Å². The summed E-state index contributed by atoms with van der Waals surface area (Å²) in [6, 6.07) is 0.423. The van der Waals surface area contributed by atoms with Crippen molar-refractivity contribution in [3.8, 4) is 5.92 Å². The number of likely N-dealkylation sites (tertiary alicyclic amines) is 1. The maximum atomic E-state index is 6.81. The second-order valence-electron chi connectivity index (χ2n) is 2.80. The Morgan fingerprint density at radius 2 is 2.00 bits per heavy atom. The predicted molar refractivity (Wildman–Crippen MR) is 53.0 cm³/mol. The third kappa shape index (κ3) is 8.61. The molecule has 1 heterocycles. The van der Waals surface area contributed by atoms with Gasteiger partial charge in [0.25, 0.3) is 0 Å². The summed E-state index contributed by atoms with van der Waals surface area (Å²) in [6.45, 7) is 9.76. The smallest absolute Gasteiger partial charge is 0.0182 e. The van der Waals surface area contributed by atoms with E-state index in [4.69, 9.17) is 6.42 Å². The van der Waals surface area contributed by atoms with Crippen LogP contribution in [0.1, 0.15) is 33.1 Å². The van der Waals surface area contributed by atoms with Crippen molar-refractivity contribution < 1.29 is 53.8 Å². The van der Waals surface area contributed by atoms with Gasteiger partial charge in [-0.2, -0.15) is 0 Å². The first-order chi connectivity index (χ1) is 5.84. The first kappa shape index (κ1) is 20.7. The second-order valence-corrected chi connectivity index (χ2v) is 2.80. The van der Waals surface area contributed by atoms with Gasteiger partial charge in [0.15, 0.2) is 0 Å². The Labute approximate surface area is 129 Å². The van der Waals surface area contributed by atoms with E-state index in [2.05, 4.69) is 17.7 Å². The normalized spacial score (nSPS) is 20.3. The van der Waals surface area contributed by atoms with Gasteiger partial charge < -0.3 is 24.2 Å². The zero-order chi connectivity index (χ0) is 9.40. The third-order valence-electron chi connectivity index (χ3n) is 2.03. The van der Waals surface area contributed by atoms with Crippen LogP contribution in [-0.4, -0.2) is 24.0 Å². The molecule has 1 unspecified atom stereocenters. The summed E-state index contributed by atoms with van der Waals surface area (Å²) in [7, 11) is 0. The quantitative estimate of drug-likeness (QED) is 0.449. The summed E-state index contributed by atoms with van der Waals surface area (Å²) in [5, 5.41) is 0. The third-order valence-corrected chi connectivity index (χ3v) is 2.03. The van der Waals surface area contributed by atoms with E-state index in [1.54, 1.807) is 0 Å². The number of piperidine rings is 1. The minimum absolute atomic E-state index is 0. The molecule has 14 heavy (non-hydrogen) atoms. The molecular weight excluding hydrogens is 419 g/mol. The van der Waals surface area contributed by atoms with E-state index in [1.807, 2.05) is 13.8 Å². The first-order valence-corrected chi connectivity index (χ1v) is 4.81. The van der Waals surface area contributed by atoms with Gasteiger partial charge in [-0.05, 0) is 13.0 Å². The van der Waals surface area contributed by atoms with Crippen LogP contribution in [0.2, 0.25) is 0 Å². The standard InChI is InChI=1S/C9H13N.C2H6.W.Y/c1-3-7-10-8-5-4-6-9(10)2;1-2;;/h9H,2,4-8H2;1-2H3;;/q-2;;;. The van der Waals surface area contributed by atoms with Crippen molar-refractivity contribution in [2.75, 3.05) is 13.1 Å². The van der Waals surface area contributed by atoms with E-state index >= 15 is 0 Å². The molecular formula is C11H19NWY-2. The molecule has 0 aromatic heterocycles. The van der Waals surface area contributed by atoms with Gasteiger partial charge in [-0.25, -0.2) is 0 Å². The average molecular weight is 438 g/mol. The summed E-state index contributed by atoms with van der Waals surface area (Å²) >= 11 is 0. The van der Waals surface area contributed by atoms with Crippen molar-refractivity contribution in [2.24, 2.45) is 0 Å². The molecule has 1 saturated heterocycles. The van der Waals surface area contributed by atoms with Crippen LogP contribution < -0.4 is 0 Å². The van der Waals surface area contributed by atoms with Gasteiger partial charge in [-0.15, -0.1) is 6.04 Å². The van der Waals surface area contributed by atoms with Gasteiger partial charge in [0, 0.05) is 60.3 Å². The predicted octanol–water partition coefficient (Wildman–Crippen LogP) is 2.29. The van der Waals surface area contributed by atoms with Gasteiger partial charge in [0.1, 0.15) is 0 Å². The summed E-state index contributed by atoms with van der Waals surface area (Å²) in [5.41, 5.74) is 0. The van der Waals surface area contributed by atoms with E-state index in [0.717, 1.165) is 6.54 Å². The molecule has 0 amide bonds. The van der Waals surface area contributed by atoms with Crippen LogP contribution >= 0.6 is 0 Å². The van der Waals surface area contributed by atoms with Gasteiger partial charge in [0.05, 0.1) is 0 Å². The van der Waals surface area contributed by atoms with Gasteiger partial charge in [-0.3, -0.25) is 0 Å². The van der Waals surface area contributed by atoms with E-state index < -0.39 is 0 Å². The summed E-state index contributed by atoms with van der Waals surface area (Å²) < 4.78 is 0. The van der Waals surface area contributed by atoms with Gasteiger partial charge in [-0.1, -0.05) is 26.7 Å². The molecule has 0 aromatic carbocycles. The molecule has 0 saturated carbocycles. The molecule has 1 aliphatic rings. The molecule has 1 aliphatic heterocycles. The van der Waals surface area contributed by atoms with E-state index in [1.165, 1.54) is 19.3 Å². The second kappa shape index (κ2) is 14.3. The van der Waals surface area contributed by atoms with Crippen molar-refractivity contribution in [3.63, 3.8) is 0 Å². The van der Waals surface area contributed by atoms with Crippen molar-refractivity contribution in [3.05, 3.63) is 13.3 Å². The molecule has 3 heteroatoms. The van der Waals surface area contributed by atoms with Crippen LogP contribution in [0.15, 0.2) is 0 Å². The monoisotopic (exact) mass is 438 g/mol. The Bertz CT molecular complexity index is 145. The van der Waals surface area contributed by atoms with E-state index in [-0.39, 0.29) is 53.8 Å². The van der Waals surface area contributed by atoms with Crippen LogP contribution in [0.5, 0.6) is 0 Å². The van der Waals surface area contributed by atoms with Crippen molar-refractivity contribution in [2.45, 2.75) is 39.2 Å². The van der Waals surface area contributed by atoms with Crippen molar-refractivity contribution >= 4 is 0 Å². The fourth-order valence-electron chi connectivity index (χ4n) is 1.37. The molecule has 79 valence electrons. The van der Waals surface area contributed by atoms with Crippen LogP contribution in [0.3, 0.4) is 0 Å². The number of nitrogens with zero attached hydrogens (tertiary/aromatic N) is 1. The minimum atomic E-state index is 0. The Morgan fingerprint density at radius 1 is 1.43 bits per heavy atom. The largest absolute Gasteiger partial charge is 0.692 e. The topological polar surface area (TPSA) is 3.24 Å². The average Bonchev–Trinajstić information content (AvgIpc) is 2.13. The molecule has 1 fully saturated rings. The zero-order valence-corrected chi connectivity index (χ0v) is 15.0. The molecule has 0 N–H and O–H groups in total. The first-order valence-electron chi connectivity index (χ1n) is 4.81. The Balaban J connectivity index is -0.000000284. The molecule has 0 aromatic rings. The molecule has 0 aliphatic carbocycles. The molecule has 1 rings (SSSR count). The number of hydrogen-bond acceptors (Lipinski definition) is 1.